The van der Waals surface area contributed by atoms with Crippen LogP contribution in [0.2, 0.25) is 0 Å². The fourth-order valence-corrected chi connectivity index (χ4v) is 3.07. The van der Waals surface area contributed by atoms with Crippen molar-refractivity contribution in [3.8, 4) is 0 Å². The normalized spacial score (nSPS) is 24.2. The monoisotopic (exact) mass is 261 g/mol. The van der Waals surface area contributed by atoms with Gasteiger partial charge in [-0.2, -0.15) is 0 Å². The summed E-state index contributed by atoms with van der Waals surface area (Å²) in [6.07, 6.45) is 1.31. The number of likely N-dealkylation sites (tertiary alicyclic amines) is 1. The highest BCUT2D eigenvalue weighted by Gasteiger charge is 2.21. The van der Waals surface area contributed by atoms with E-state index >= 15 is 0 Å². The average Bonchev–Trinajstić information content (AvgIpc) is 2.37. The molecule has 0 saturated carbocycles. The Morgan fingerprint density at radius 2 is 2.05 bits per heavy atom. The number of nitrogens with zero attached hydrogens (tertiary/aromatic N) is 1. The molecular formula is C15H23N3O. The summed E-state index contributed by atoms with van der Waals surface area (Å²) in [5.41, 5.74) is 3.97. The van der Waals surface area contributed by atoms with E-state index in [9.17, 15) is 4.79 Å². The van der Waals surface area contributed by atoms with E-state index in [1.165, 1.54) is 12.0 Å². The quantitative estimate of drug-likeness (QED) is 0.495. The molecule has 104 valence electrons. The smallest absolute Gasteiger partial charge is 0.265 e. The zero-order valence-electron chi connectivity index (χ0n) is 11.7. The van der Waals surface area contributed by atoms with E-state index in [-0.39, 0.29) is 5.91 Å². The molecule has 4 heteroatoms. The molecule has 19 heavy (non-hydrogen) atoms. The Hall–Kier alpha value is -1.39. The van der Waals surface area contributed by atoms with Gasteiger partial charge in [-0.15, -0.1) is 0 Å². The van der Waals surface area contributed by atoms with Gasteiger partial charge in [0, 0.05) is 25.2 Å². The van der Waals surface area contributed by atoms with E-state index in [0.29, 0.717) is 5.56 Å². The molecule has 1 amide bonds. The number of piperidine rings is 1. The van der Waals surface area contributed by atoms with Crippen molar-refractivity contribution in [2.24, 2.45) is 17.7 Å². The molecule has 1 saturated heterocycles. The Morgan fingerprint density at radius 1 is 1.37 bits per heavy atom. The van der Waals surface area contributed by atoms with E-state index < -0.39 is 0 Å². The van der Waals surface area contributed by atoms with Crippen LogP contribution < -0.4 is 11.3 Å². The number of nitrogen functional groups attached to an aromatic ring is 1. The largest absolute Gasteiger partial charge is 0.299 e. The van der Waals surface area contributed by atoms with E-state index in [4.69, 9.17) is 5.84 Å². The van der Waals surface area contributed by atoms with Crippen LogP contribution in [0.5, 0.6) is 0 Å². The molecule has 1 fully saturated rings. The van der Waals surface area contributed by atoms with Crippen LogP contribution >= 0.6 is 0 Å². The van der Waals surface area contributed by atoms with Gasteiger partial charge < -0.3 is 0 Å². The number of hydrazine groups is 1. The standard InChI is InChI=1S/C15H23N3O/c1-11-6-12(2)9-18(8-11)10-13-4-3-5-14(7-13)15(19)17-16/h3-5,7,11-12H,6,8-10,16H2,1-2H3,(H,17,19). The molecular weight excluding hydrogens is 238 g/mol. The predicted octanol–water partition coefficient (Wildman–Crippen LogP) is 1.77. The first kappa shape index (κ1) is 14.0. The highest BCUT2D eigenvalue weighted by atomic mass is 16.2. The molecule has 1 aliphatic rings. The Morgan fingerprint density at radius 3 is 2.68 bits per heavy atom. The summed E-state index contributed by atoms with van der Waals surface area (Å²) in [5.74, 6) is 6.43. The third-order valence-corrected chi connectivity index (χ3v) is 3.67. The van der Waals surface area contributed by atoms with Gasteiger partial charge in [0.1, 0.15) is 0 Å². The second-order valence-corrected chi connectivity index (χ2v) is 5.81. The number of hydrogen-bond acceptors (Lipinski definition) is 3. The van der Waals surface area contributed by atoms with Crippen LogP contribution in [0, 0.1) is 11.8 Å². The molecule has 0 radical (unpaired) electrons. The maximum Gasteiger partial charge on any atom is 0.265 e. The van der Waals surface area contributed by atoms with Crippen molar-refractivity contribution in [2.45, 2.75) is 26.8 Å². The van der Waals surface area contributed by atoms with Crippen LogP contribution in [-0.4, -0.2) is 23.9 Å². The Labute approximate surface area is 114 Å². The Bertz CT molecular complexity index is 437. The molecule has 1 aromatic carbocycles. The van der Waals surface area contributed by atoms with Gasteiger partial charge in [0.2, 0.25) is 0 Å². The van der Waals surface area contributed by atoms with Crippen molar-refractivity contribution in [1.82, 2.24) is 10.3 Å². The molecule has 2 rings (SSSR count). The molecule has 1 aromatic rings. The van der Waals surface area contributed by atoms with Crippen LogP contribution in [0.15, 0.2) is 24.3 Å². The summed E-state index contributed by atoms with van der Waals surface area (Å²) in [7, 11) is 0. The predicted molar refractivity (Wildman–Crippen MR) is 76.3 cm³/mol. The fourth-order valence-electron chi connectivity index (χ4n) is 3.07. The van der Waals surface area contributed by atoms with Crippen LogP contribution in [-0.2, 0) is 6.54 Å². The zero-order valence-corrected chi connectivity index (χ0v) is 11.7. The van der Waals surface area contributed by atoms with E-state index in [1.807, 2.05) is 12.1 Å². The highest BCUT2D eigenvalue weighted by molar-refractivity contribution is 5.93. The molecule has 1 heterocycles. The summed E-state index contributed by atoms with van der Waals surface area (Å²) in [5, 5.41) is 0. The van der Waals surface area contributed by atoms with Gasteiger partial charge in [0.05, 0.1) is 0 Å². The van der Waals surface area contributed by atoms with Crippen LogP contribution in [0.3, 0.4) is 0 Å². The summed E-state index contributed by atoms with van der Waals surface area (Å²) >= 11 is 0. The first-order valence-corrected chi connectivity index (χ1v) is 6.90. The minimum absolute atomic E-state index is 0.234. The Balaban J connectivity index is 2.04. The van der Waals surface area contributed by atoms with Crippen molar-refractivity contribution >= 4 is 5.91 Å². The molecule has 0 aromatic heterocycles. The highest BCUT2D eigenvalue weighted by Crippen LogP contribution is 2.22. The van der Waals surface area contributed by atoms with Gasteiger partial charge in [-0.1, -0.05) is 26.0 Å². The lowest BCUT2D eigenvalue weighted by atomic mass is 9.91. The van der Waals surface area contributed by atoms with Gasteiger partial charge >= 0.3 is 0 Å². The molecule has 3 N–H and O–H groups in total. The third kappa shape index (κ3) is 3.78. The number of nitrogens with one attached hydrogen (secondary N) is 1. The number of nitrogens with two attached hydrogens (primary N) is 1. The van der Waals surface area contributed by atoms with Crippen molar-refractivity contribution in [3.63, 3.8) is 0 Å². The van der Waals surface area contributed by atoms with Gasteiger partial charge in [-0.25, -0.2) is 5.84 Å². The molecule has 2 unspecified atom stereocenters. The van der Waals surface area contributed by atoms with Crippen molar-refractivity contribution in [3.05, 3.63) is 35.4 Å². The van der Waals surface area contributed by atoms with E-state index in [0.717, 1.165) is 31.5 Å². The number of carbonyl (C=O) groups excluding carboxylic acids is 1. The van der Waals surface area contributed by atoms with E-state index in [2.05, 4.69) is 30.2 Å². The number of hydrogen-bond donors (Lipinski definition) is 2. The lowest BCUT2D eigenvalue weighted by molar-refractivity contribution is 0.0953. The first-order chi connectivity index (χ1) is 9.08. The average molecular weight is 261 g/mol. The lowest BCUT2D eigenvalue weighted by Crippen LogP contribution is -2.38. The maximum atomic E-state index is 11.5. The van der Waals surface area contributed by atoms with Gasteiger partial charge in [0.15, 0.2) is 0 Å². The Kier molecular flexibility index (Phi) is 4.56. The summed E-state index contributed by atoms with van der Waals surface area (Å²) in [4.78, 5) is 14.0. The van der Waals surface area contributed by atoms with Crippen molar-refractivity contribution in [1.29, 1.82) is 0 Å². The van der Waals surface area contributed by atoms with Crippen LogP contribution in [0.1, 0.15) is 36.2 Å². The molecule has 0 spiro atoms. The number of carbonyl (C=O) groups is 1. The number of rotatable bonds is 3. The topological polar surface area (TPSA) is 58.4 Å². The van der Waals surface area contributed by atoms with Gasteiger partial charge in [0.25, 0.3) is 5.91 Å². The minimum Gasteiger partial charge on any atom is -0.299 e. The van der Waals surface area contributed by atoms with Gasteiger partial charge in [-0.05, 0) is 36.0 Å². The third-order valence-electron chi connectivity index (χ3n) is 3.67. The molecule has 0 aliphatic carbocycles. The molecule has 4 nitrogen and oxygen atoms in total. The lowest BCUT2D eigenvalue weighted by Gasteiger charge is -2.35. The van der Waals surface area contributed by atoms with Crippen molar-refractivity contribution in [2.75, 3.05) is 13.1 Å². The molecule has 2 atom stereocenters. The fraction of sp³-hybridized carbons (Fsp3) is 0.533. The molecule has 1 aliphatic heterocycles. The van der Waals surface area contributed by atoms with E-state index in [1.54, 1.807) is 6.07 Å². The van der Waals surface area contributed by atoms with Crippen LogP contribution in [0.25, 0.3) is 0 Å². The summed E-state index contributed by atoms with van der Waals surface area (Å²) < 4.78 is 0. The zero-order chi connectivity index (χ0) is 13.8. The maximum absolute atomic E-state index is 11.5. The van der Waals surface area contributed by atoms with Gasteiger partial charge in [-0.3, -0.25) is 15.1 Å². The minimum atomic E-state index is -0.234. The SMILES string of the molecule is CC1CC(C)CN(Cc2cccc(C(=O)NN)c2)C1. The number of benzene rings is 1. The summed E-state index contributed by atoms with van der Waals surface area (Å²) in [6.45, 7) is 7.79. The summed E-state index contributed by atoms with van der Waals surface area (Å²) in [6, 6.07) is 7.69. The van der Waals surface area contributed by atoms with Crippen molar-refractivity contribution < 1.29 is 4.79 Å². The van der Waals surface area contributed by atoms with Crippen LogP contribution in [0.4, 0.5) is 0 Å². The first-order valence-electron chi connectivity index (χ1n) is 6.90. The second kappa shape index (κ2) is 6.17. The second-order valence-electron chi connectivity index (χ2n) is 5.81. The number of amides is 1. The molecule has 0 bridgehead atoms.